The van der Waals surface area contributed by atoms with Crippen LogP contribution in [0.2, 0.25) is 0 Å². The van der Waals surface area contributed by atoms with Crippen LogP contribution in [-0.4, -0.2) is 16.3 Å². The number of rotatable bonds is 5. The molecule has 2 aromatic rings. The van der Waals surface area contributed by atoms with Crippen LogP contribution in [0.5, 0.6) is 0 Å². The topological polar surface area (TPSA) is 79.6 Å². The normalized spacial score (nSPS) is 11.7. The smallest absolute Gasteiger partial charge is 0.331 e. The van der Waals surface area contributed by atoms with Crippen LogP contribution in [0.15, 0.2) is 59.7 Å². The Morgan fingerprint density at radius 2 is 1.81 bits per heavy atom. The van der Waals surface area contributed by atoms with Crippen molar-refractivity contribution >= 4 is 41.0 Å². The van der Waals surface area contributed by atoms with Gasteiger partial charge in [-0.05, 0) is 42.6 Å². The van der Waals surface area contributed by atoms with E-state index in [1.165, 1.54) is 42.6 Å². The molecule has 27 heavy (non-hydrogen) atoms. The van der Waals surface area contributed by atoms with Crippen molar-refractivity contribution in [3.63, 3.8) is 0 Å². The second kappa shape index (κ2) is 8.90. The number of anilines is 1. The molecule has 0 unspecified atom stereocenters. The fourth-order valence-electron chi connectivity index (χ4n) is 2.07. The lowest BCUT2D eigenvalue weighted by atomic mass is 10.1. The largest absolute Gasteiger partial charge is 0.418 e. The van der Waals surface area contributed by atoms with Crippen LogP contribution in [-0.2, 0) is 6.18 Å². The first-order chi connectivity index (χ1) is 12.8. The summed E-state index contributed by atoms with van der Waals surface area (Å²) in [6.45, 7) is 0. The van der Waals surface area contributed by atoms with Gasteiger partial charge in [0.05, 0.1) is 21.7 Å². The average molecular weight is 394 g/mol. The molecule has 0 saturated heterocycles. The first kappa shape index (κ1) is 20.0. The Hall–Kier alpha value is -3.27. The van der Waals surface area contributed by atoms with Crippen LogP contribution < -0.4 is 10.7 Å². The molecular weight excluding hydrogens is 381 g/mol. The van der Waals surface area contributed by atoms with Crippen molar-refractivity contribution in [2.75, 3.05) is 5.32 Å². The van der Waals surface area contributed by atoms with Crippen molar-refractivity contribution in [1.29, 1.82) is 0 Å². The number of alkyl halides is 3. The van der Waals surface area contributed by atoms with Gasteiger partial charge in [0.15, 0.2) is 5.11 Å². The van der Waals surface area contributed by atoms with Gasteiger partial charge in [-0.15, -0.1) is 0 Å². The molecule has 2 aromatic carbocycles. The van der Waals surface area contributed by atoms with E-state index < -0.39 is 16.7 Å². The summed E-state index contributed by atoms with van der Waals surface area (Å²) in [5.74, 6) is 0. The SMILES string of the molecule is O=[N+]([O-])c1ccccc1/C=C/C=N/NC(=S)Nc1ccccc1C(F)(F)F. The lowest BCUT2D eigenvalue weighted by molar-refractivity contribution is -0.385. The van der Waals surface area contributed by atoms with Crippen molar-refractivity contribution in [3.05, 3.63) is 75.8 Å². The highest BCUT2D eigenvalue weighted by Gasteiger charge is 2.33. The first-order valence-electron chi connectivity index (χ1n) is 7.45. The molecule has 0 aliphatic rings. The van der Waals surface area contributed by atoms with E-state index in [0.717, 1.165) is 6.07 Å². The number of nitrogens with zero attached hydrogens (tertiary/aromatic N) is 2. The van der Waals surface area contributed by atoms with E-state index in [2.05, 4.69) is 15.8 Å². The zero-order valence-electron chi connectivity index (χ0n) is 13.6. The van der Waals surface area contributed by atoms with Crippen LogP contribution >= 0.6 is 12.2 Å². The van der Waals surface area contributed by atoms with Gasteiger partial charge in [0.25, 0.3) is 5.69 Å². The Kier molecular flexibility index (Phi) is 6.61. The van der Waals surface area contributed by atoms with Crippen molar-refractivity contribution in [3.8, 4) is 0 Å². The molecule has 0 aliphatic carbocycles. The Labute approximate surface area is 157 Å². The zero-order valence-corrected chi connectivity index (χ0v) is 14.4. The fourth-order valence-corrected chi connectivity index (χ4v) is 2.23. The van der Waals surface area contributed by atoms with E-state index in [-0.39, 0.29) is 16.5 Å². The third-order valence-electron chi connectivity index (χ3n) is 3.22. The Bertz CT molecular complexity index is 898. The number of hydrogen-bond donors (Lipinski definition) is 2. The standard InChI is InChI=1S/C17H13F3N4O2S/c18-17(19,20)13-8-2-3-9-14(13)22-16(27)23-21-11-5-7-12-6-1-4-10-15(12)24(25)26/h1-11H,(H2,22,23,27)/b7-5+,21-11+. The molecule has 0 saturated carbocycles. The van der Waals surface area contributed by atoms with Gasteiger partial charge in [0, 0.05) is 12.3 Å². The van der Waals surface area contributed by atoms with E-state index in [0.29, 0.717) is 5.56 Å². The number of nitro groups is 1. The number of para-hydroxylation sites is 2. The van der Waals surface area contributed by atoms with E-state index >= 15 is 0 Å². The summed E-state index contributed by atoms with van der Waals surface area (Å²) < 4.78 is 38.7. The summed E-state index contributed by atoms with van der Waals surface area (Å²) in [7, 11) is 0. The fraction of sp³-hybridized carbons (Fsp3) is 0.0588. The Balaban J connectivity index is 1.96. The zero-order chi connectivity index (χ0) is 19.9. The molecule has 2 rings (SSSR count). The number of hydrazone groups is 1. The Morgan fingerprint density at radius 3 is 2.52 bits per heavy atom. The number of allylic oxidation sites excluding steroid dienone is 1. The van der Waals surface area contributed by atoms with E-state index in [1.807, 2.05) is 0 Å². The lowest BCUT2D eigenvalue weighted by Crippen LogP contribution is -2.25. The first-order valence-corrected chi connectivity index (χ1v) is 7.86. The highest BCUT2D eigenvalue weighted by Crippen LogP contribution is 2.34. The van der Waals surface area contributed by atoms with Gasteiger partial charge in [-0.3, -0.25) is 15.5 Å². The summed E-state index contributed by atoms with van der Waals surface area (Å²) in [6.07, 6.45) is -0.351. The molecule has 0 heterocycles. The van der Waals surface area contributed by atoms with Crippen molar-refractivity contribution in [2.45, 2.75) is 6.18 Å². The molecule has 0 fully saturated rings. The average Bonchev–Trinajstić information content (AvgIpc) is 2.61. The molecule has 0 spiro atoms. The lowest BCUT2D eigenvalue weighted by Gasteiger charge is -2.14. The van der Waals surface area contributed by atoms with Crippen molar-refractivity contribution < 1.29 is 18.1 Å². The number of hydrogen-bond acceptors (Lipinski definition) is 4. The van der Waals surface area contributed by atoms with E-state index in [4.69, 9.17) is 12.2 Å². The predicted molar refractivity (Wildman–Crippen MR) is 101 cm³/mol. The third kappa shape index (κ3) is 5.89. The van der Waals surface area contributed by atoms with Crippen LogP contribution in [0.1, 0.15) is 11.1 Å². The molecule has 2 N–H and O–H groups in total. The molecular formula is C17H13F3N4O2S. The monoisotopic (exact) mass is 394 g/mol. The molecule has 0 aromatic heterocycles. The highest BCUT2D eigenvalue weighted by atomic mass is 32.1. The number of nitro benzene ring substituents is 1. The summed E-state index contributed by atoms with van der Waals surface area (Å²) >= 11 is 4.90. The van der Waals surface area contributed by atoms with Crippen LogP contribution in [0.4, 0.5) is 24.5 Å². The van der Waals surface area contributed by atoms with Gasteiger partial charge in [-0.25, -0.2) is 0 Å². The second-order valence-electron chi connectivity index (χ2n) is 5.06. The maximum atomic E-state index is 12.9. The van der Waals surface area contributed by atoms with Gasteiger partial charge < -0.3 is 5.32 Å². The number of benzene rings is 2. The van der Waals surface area contributed by atoms with Gasteiger partial charge in [-0.1, -0.05) is 24.3 Å². The number of halogens is 3. The van der Waals surface area contributed by atoms with Crippen LogP contribution in [0.25, 0.3) is 6.08 Å². The van der Waals surface area contributed by atoms with E-state index in [1.54, 1.807) is 18.2 Å². The summed E-state index contributed by atoms with van der Waals surface area (Å²) in [5, 5.41) is 16.9. The molecule has 6 nitrogen and oxygen atoms in total. The van der Waals surface area contributed by atoms with E-state index in [9.17, 15) is 23.3 Å². The van der Waals surface area contributed by atoms with Gasteiger partial charge in [0.1, 0.15) is 0 Å². The molecule has 0 amide bonds. The predicted octanol–water partition coefficient (Wildman–Crippen LogP) is 4.60. The maximum Gasteiger partial charge on any atom is 0.418 e. The summed E-state index contributed by atoms with van der Waals surface area (Å²) in [6, 6.07) is 11.0. The van der Waals surface area contributed by atoms with Gasteiger partial charge in [-0.2, -0.15) is 18.3 Å². The minimum absolute atomic E-state index is 0.0592. The van der Waals surface area contributed by atoms with Crippen LogP contribution in [0, 0.1) is 10.1 Å². The molecule has 0 aliphatic heterocycles. The van der Waals surface area contributed by atoms with Crippen molar-refractivity contribution in [2.24, 2.45) is 5.10 Å². The molecule has 140 valence electrons. The minimum atomic E-state index is -4.52. The second-order valence-corrected chi connectivity index (χ2v) is 5.47. The number of thiocarbonyl (C=S) groups is 1. The van der Waals surface area contributed by atoms with Crippen molar-refractivity contribution in [1.82, 2.24) is 5.43 Å². The third-order valence-corrected chi connectivity index (χ3v) is 3.41. The highest BCUT2D eigenvalue weighted by molar-refractivity contribution is 7.80. The molecule has 0 radical (unpaired) electrons. The summed E-state index contributed by atoms with van der Waals surface area (Å²) in [4.78, 5) is 10.4. The number of nitrogens with one attached hydrogen (secondary N) is 2. The Morgan fingerprint density at radius 1 is 1.15 bits per heavy atom. The van der Waals surface area contributed by atoms with Gasteiger partial charge >= 0.3 is 6.18 Å². The minimum Gasteiger partial charge on any atom is -0.331 e. The molecule has 0 atom stereocenters. The molecule has 10 heteroatoms. The maximum absolute atomic E-state index is 12.9. The summed E-state index contributed by atoms with van der Waals surface area (Å²) in [5.41, 5.74) is 1.64. The quantitative estimate of drug-likeness (QED) is 0.335. The molecule has 0 bridgehead atoms. The van der Waals surface area contributed by atoms with Gasteiger partial charge in [0.2, 0.25) is 0 Å². The van der Waals surface area contributed by atoms with Crippen LogP contribution in [0.3, 0.4) is 0 Å².